The average Bonchev–Trinajstić information content (AvgIpc) is 3.12. The molecule has 0 N–H and O–H groups in total. The maximum absolute atomic E-state index is 13.2. The van der Waals surface area contributed by atoms with Crippen molar-refractivity contribution in [2.24, 2.45) is 11.3 Å². The summed E-state index contributed by atoms with van der Waals surface area (Å²) in [6.45, 7) is 5.84. The number of benzene rings is 2. The Hall–Kier alpha value is -1.45. The molecule has 0 bridgehead atoms. The van der Waals surface area contributed by atoms with Gasteiger partial charge in [-0.3, -0.25) is 9.00 Å². The van der Waals surface area contributed by atoms with Gasteiger partial charge in [0.1, 0.15) is 4.21 Å². The van der Waals surface area contributed by atoms with Crippen molar-refractivity contribution in [1.29, 1.82) is 0 Å². The topological polar surface area (TPSA) is 34.1 Å². The van der Waals surface area contributed by atoms with Crippen molar-refractivity contribution in [3.8, 4) is 0 Å². The first kappa shape index (κ1) is 17.4. The van der Waals surface area contributed by atoms with Crippen molar-refractivity contribution in [1.82, 2.24) is 0 Å². The minimum Gasteiger partial charge on any atom is -0.293 e. The fourth-order valence-electron chi connectivity index (χ4n) is 3.66. The zero-order valence-electron chi connectivity index (χ0n) is 14.1. The fourth-order valence-corrected chi connectivity index (χ4v) is 6.41. The smallest absolute Gasteiger partial charge is 0.171 e. The molecule has 0 aliphatic heterocycles. The molecule has 4 atom stereocenters. The number of ketones is 1. The molecule has 3 rings (SSSR count). The summed E-state index contributed by atoms with van der Waals surface area (Å²) in [6.07, 6.45) is 0.718. The molecule has 0 amide bonds. The standard InChI is InChI=1S/C20H21ClO2S/c1-4-17-19(3,18(22)15-8-6-5-7-9-15)20(17,21)24(23)16-12-10-14(2)11-13-16/h5-13,17H,4H2,1-3H3/t17-,19+,20+,24?/m1/s1. The highest BCUT2D eigenvalue weighted by Gasteiger charge is 2.79. The zero-order valence-corrected chi connectivity index (χ0v) is 15.7. The number of halogens is 1. The van der Waals surface area contributed by atoms with Crippen LogP contribution < -0.4 is 0 Å². The van der Waals surface area contributed by atoms with E-state index in [-0.39, 0.29) is 11.7 Å². The van der Waals surface area contributed by atoms with E-state index in [1.807, 2.05) is 63.2 Å². The molecule has 1 fully saturated rings. The average molecular weight is 361 g/mol. The van der Waals surface area contributed by atoms with Gasteiger partial charge in [0.25, 0.3) is 0 Å². The second kappa shape index (κ2) is 6.12. The Morgan fingerprint density at radius 2 is 1.71 bits per heavy atom. The van der Waals surface area contributed by atoms with E-state index >= 15 is 0 Å². The molecule has 1 aliphatic carbocycles. The van der Waals surface area contributed by atoms with Gasteiger partial charge in [-0.15, -0.1) is 11.6 Å². The van der Waals surface area contributed by atoms with Gasteiger partial charge in [0.2, 0.25) is 0 Å². The predicted octanol–water partition coefficient (Wildman–Crippen LogP) is 4.97. The zero-order chi connectivity index (χ0) is 17.5. The molecule has 2 aromatic rings. The van der Waals surface area contributed by atoms with E-state index in [2.05, 4.69) is 0 Å². The molecule has 0 aromatic heterocycles. The molecule has 0 spiro atoms. The summed E-state index contributed by atoms with van der Waals surface area (Å²) in [4.78, 5) is 13.8. The van der Waals surface area contributed by atoms with Crippen molar-refractivity contribution >= 4 is 28.2 Å². The van der Waals surface area contributed by atoms with E-state index in [4.69, 9.17) is 11.6 Å². The van der Waals surface area contributed by atoms with Crippen LogP contribution in [0.15, 0.2) is 59.5 Å². The number of carbonyl (C=O) groups is 1. The summed E-state index contributed by atoms with van der Waals surface area (Å²) in [6, 6.07) is 16.7. The van der Waals surface area contributed by atoms with Crippen LogP contribution in [0.2, 0.25) is 0 Å². The van der Waals surface area contributed by atoms with E-state index in [1.54, 1.807) is 12.1 Å². The summed E-state index contributed by atoms with van der Waals surface area (Å²) in [5.41, 5.74) is 0.910. The lowest BCUT2D eigenvalue weighted by atomic mass is 9.93. The number of carbonyl (C=O) groups excluding carboxylic acids is 1. The first-order valence-electron chi connectivity index (χ1n) is 8.14. The van der Waals surface area contributed by atoms with Gasteiger partial charge in [0.05, 0.1) is 16.2 Å². The molecule has 2 nitrogen and oxygen atoms in total. The molecule has 1 unspecified atom stereocenters. The number of hydrogen-bond acceptors (Lipinski definition) is 2. The highest BCUT2D eigenvalue weighted by molar-refractivity contribution is 7.88. The molecule has 2 aromatic carbocycles. The highest BCUT2D eigenvalue weighted by atomic mass is 35.5. The van der Waals surface area contributed by atoms with Gasteiger partial charge < -0.3 is 0 Å². The molecule has 24 heavy (non-hydrogen) atoms. The molecule has 126 valence electrons. The van der Waals surface area contributed by atoms with Crippen LogP contribution in [0.5, 0.6) is 0 Å². The second-order valence-corrected chi connectivity index (χ2v) is 9.06. The van der Waals surface area contributed by atoms with Gasteiger partial charge in [0.15, 0.2) is 5.78 Å². The van der Waals surface area contributed by atoms with Gasteiger partial charge in [-0.2, -0.15) is 0 Å². The van der Waals surface area contributed by atoms with E-state index < -0.39 is 20.4 Å². The number of rotatable bonds is 5. The van der Waals surface area contributed by atoms with Crippen molar-refractivity contribution in [2.45, 2.75) is 36.3 Å². The Morgan fingerprint density at radius 3 is 2.25 bits per heavy atom. The summed E-state index contributed by atoms with van der Waals surface area (Å²) < 4.78 is 12.1. The molecule has 4 heteroatoms. The minimum absolute atomic E-state index is 0.0228. The lowest BCUT2D eigenvalue weighted by molar-refractivity contribution is 0.0898. The molecule has 0 radical (unpaired) electrons. The molecular formula is C20H21ClO2S. The van der Waals surface area contributed by atoms with E-state index in [0.29, 0.717) is 10.5 Å². The van der Waals surface area contributed by atoms with Crippen molar-refractivity contribution in [3.63, 3.8) is 0 Å². The van der Waals surface area contributed by atoms with E-state index in [0.717, 1.165) is 12.0 Å². The molecular weight excluding hydrogens is 340 g/mol. The normalized spacial score (nSPS) is 29.9. The fraction of sp³-hybridized carbons (Fsp3) is 0.350. The van der Waals surface area contributed by atoms with Gasteiger partial charge in [0, 0.05) is 16.4 Å². The summed E-state index contributed by atoms with van der Waals surface area (Å²) >= 11 is 6.87. The quantitative estimate of drug-likeness (QED) is 0.557. The van der Waals surface area contributed by atoms with Crippen LogP contribution in [0.25, 0.3) is 0 Å². The number of hydrogen-bond donors (Lipinski definition) is 0. The summed E-state index contributed by atoms with van der Waals surface area (Å²) in [5, 5.41) is 0. The first-order valence-corrected chi connectivity index (χ1v) is 9.67. The lowest BCUT2D eigenvalue weighted by Gasteiger charge is -2.16. The van der Waals surface area contributed by atoms with E-state index in [1.165, 1.54) is 0 Å². The number of aryl methyl sites for hydroxylation is 1. The molecule has 0 heterocycles. The van der Waals surface area contributed by atoms with Crippen molar-refractivity contribution in [2.75, 3.05) is 0 Å². The van der Waals surface area contributed by atoms with Crippen LogP contribution in [0.3, 0.4) is 0 Å². The number of Topliss-reactive ketones (excluding diaryl/α,β-unsaturated/α-hetero) is 1. The molecule has 0 saturated heterocycles. The van der Waals surface area contributed by atoms with Crippen LogP contribution in [0.4, 0.5) is 0 Å². The third kappa shape index (κ3) is 2.37. The first-order chi connectivity index (χ1) is 11.4. The lowest BCUT2D eigenvalue weighted by Crippen LogP contribution is -2.25. The van der Waals surface area contributed by atoms with Gasteiger partial charge in [-0.25, -0.2) is 0 Å². The minimum atomic E-state index is -1.45. The SMILES string of the molecule is CC[C@@H]1[C@@](C)(C(=O)c2ccccc2)[C@@]1(Cl)S(=O)c1ccc(C)cc1. The van der Waals surface area contributed by atoms with Gasteiger partial charge >= 0.3 is 0 Å². The molecule has 1 saturated carbocycles. The van der Waals surface area contributed by atoms with Crippen molar-refractivity contribution in [3.05, 3.63) is 65.7 Å². The monoisotopic (exact) mass is 360 g/mol. The van der Waals surface area contributed by atoms with Gasteiger partial charge in [-0.05, 0) is 32.4 Å². The van der Waals surface area contributed by atoms with Crippen LogP contribution in [0.1, 0.15) is 36.2 Å². The molecule has 1 aliphatic rings. The van der Waals surface area contributed by atoms with Crippen LogP contribution in [-0.4, -0.2) is 14.2 Å². The van der Waals surface area contributed by atoms with Gasteiger partial charge in [-0.1, -0.05) is 55.0 Å². The third-order valence-corrected chi connectivity index (χ3v) is 8.22. The maximum atomic E-state index is 13.2. The van der Waals surface area contributed by atoms with Crippen LogP contribution >= 0.6 is 11.6 Å². The Morgan fingerprint density at radius 1 is 1.12 bits per heavy atom. The van der Waals surface area contributed by atoms with Crippen LogP contribution in [-0.2, 0) is 10.8 Å². The third-order valence-electron chi connectivity index (χ3n) is 5.19. The predicted molar refractivity (Wildman–Crippen MR) is 98.8 cm³/mol. The van der Waals surface area contributed by atoms with E-state index in [9.17, 15) is 9.00 Å². The largest absolute Gasteiger partial charge is 0.293 e. The maximum Gasteiger partial charge on any atom is 0.171 e. The Kier molecular flexibility index (Phi) is 4.43. The Labute approximate surface area is 150 Å². The Balaban J connectivity index is 1.99. The highest BCUT2D eigenvalue weighted by Crippen LogP contribution is 2.71. The van der Waals surface area contributed by atoms with Crippen LogP contribution in [0, 0.1) is 18.3 Å². The number of alkyl halides is 1. The Bertz CT molecular complexity index is 787. The van der Waals surface area contributed by atoms with Crippen molar-refractivity contribution < 1.29 is 9.00 Å². The summed E-state index contributed by atoms with van der Waals surface area (Å²) in [7, 11) is -1.45. The second-order valence-electron chi connectivity index (χ2n) is 6.59. The summed E-state index contributed by atoms with van der Waals surface area (Å²) in [5.74, 6) is -0.132.